The van der Waals surface area contributed by atoms with Gasteiger partial charge in [0.2, 0.25) is 5.65 Å². The molecule has 1 unspecified atom stereocenters. The molecule has 1 aliphatic rings. The predicted molar refractivity (Wildman–Crippen MR) is 83.6 cm³/mol. The van der Waals surface area contributed by atoms with E-state index in [1.807, 2.05) is 23.7 Å². The number of fused-ring (bicyclic) bond motifs is 1. The molecule has 0 aromatic carbocycles. The third-order valence-corrected chi connectivity index (χ3v) is 4.16. The average molecular weight is 288 g/mol. The third kappa shape index (κ3) is 3.00. The van der Waals surface area contributed by atoms with Gasteiger partial charge in [0, 0.05) is 25.5 Å². The Bertz CT molecular complexity index is 593. The topological polar surface area (TPSA) is 58.4 Å². The molecule has 0 amide bonds. The number of hydrogen-bond donors (Lipinski definition) is 1. The van der Waals surface area contributed by atoms with Crippen molar-refractivity contribution in [3.05, 3.63) is 18.2 Å². The Morgan fingerprint density at radius 2 is 2.29 bits per heavy atom. The number of rotatable bonds is 5. The summed E-state index contributed by atoms with van der Waals surface area (Å²) in [7, 11) is 0. The molecule has 1 aliphatic heterocycles. The monoisotopic (exact) mass is 288 g/mol. The first-order chi connectivity index (χ1) is 10.3. The Morgan fingerprint density at radius 1 is 1.38 bits per heavy atom. The van der Waals surface area contributed by atoms with Crippen LogP contribution in [0.15, 0.2) is 12.4 Å². The normalized spacial score (nSPS) is 19.3. The minimum Gasteiger partial charge on any atom is -0.353 e. The second-order valence-corrected chi connectivity index (χ2v) is 5.85. The van der Waals surface area contributed by atoms with E-state index < -0.39 is 0 Å². The SMILES string of the molecule is CCCNCC1CCCN(c2nccn3c(C)nnc23)C1. The molecule has 1 saturated heterocycles. The van der Waals surface area contributed by atoms with Gasteiger partial charge in [-0.3, -0.25) is 4.40 Å². The third-order valence-electron chi connectivity index (χ3n) is 4.16. The first-order valence-electron chi connectivity index (χ1n) is 7.91. The molecule has 3 rings (SSSR count). The summed E-state index contributed by atoms with van der Waals surface area (Å²) >= 11 is 0. The number of anilines is 1. The van der Waals surface area contributed by atoms with Crippen LogP contribution >= 0.6 is 0 Å². The van der Waals surface area contributed by atoms with E-state index >= 15 is 0 Å². The number of piperidine rings is 1. The molecule has 1 fully saturated rings. The van der Waals surface area contributed by atoms with Gasteiger partial charge in [-0.25, -0.2) is 4.98 Å². The first-order valence-corrected chi connectivity index (χ1v) is 7.91. The van der Waals surface area contributed by atoms with Crippen molar-refractivity contribution >= 4 is 11.5 Å². The van der Waals surface area contributed by atoms with Crippen LogP contribution < -0.4 is 10.2 Å². The highest BCUT2D eigenvalue weighted by Crippen LogP contribution is 2.24. The lowest BCUT2D eigenvalue weighted by Crippen LogP contribution is -2.40. The van der Waals surface area contributed by atoms with E-state index in [0.29, 0.717) is 5.92 Å². The lowest BCUT2D eigenvalue weighted by atomic mass is 9.98. The first kappa shape index (κ1) is 14.3. The Labute approximate surface area is 125 Å². The minimum atomic E-state index is 0.691. The van der Waals surface area contributed by atoms with Crippen LogP contribution in [-0.2, 0) is 0 Å². The highest BCUT2D eigenvalue weighted by Gasteiger charge is 2.23. The van der Waals surface area contributed by atoms with E-state index in [9.17, 15) is 0 Å². The maximum Gasteiger partial charge on any atom is 0.203 e. The summed E-state index contributed by atoms with van der Waals surface area (Å²) in [5.41, 5.74) is 0.872. The number of aryl methyl sites for hydroxylation is 1. The molecule has 0 bridgehead atoms. The quantitative estimate of drug-likeness (QED) is 0.848. The maximum absolute atomic E-state index is 4.56. The highest BCUT2D eigenvalue weighted by molar-refractivity contribution is 5.63. The second kappa shape index (κ2) is 6.39. The molecule has 21 heavy (non-hydrogen) atoms. The smallest absolute Gasteiger partial charge is 0.203 e. The van der Waals surface area contributed by atoms with Gasteiger partial charge in [-0.15, -0.1) is 10.2 Å². The van der Waals surface area contributed by atoms with Crippen molar-refractivity contribution in [3.8, 4) is 0 Å². The summed E-state index contributed by atoms with van der Waals surface area (Å²) in [6, 6.07) is 0. The number of aromatic nitrogens is 4. The van der Waals surface area contributed by atoms with Crippen molar-refractivity contribution in [2.75, 3.05) is 31.1 Å². The summed E-state index contributed by atoms with van der Waals surface area (Å²) in [5, 5.41) is 12.0. The molecule has 0 aliphatic carbocycles. The van der Waals surface area contributed by atoms with Gasteiger partial charge in [-0.05, 0) is 45.2 Å². The van der Waals surface area contributed by atoms with E-state index in [4.69, 9.17) is 0 Å². The Balaban J connectivity index is 1.75. The lowest BCUT2D eigenvalue weighted by Gasteiger charge is -2.33. The predicted octanol–water partition coefficient (Wildman–Crippen LogP) is 1.65. The van der Waals surface area contributed by atoms with Crippen LogP contribution in [-0.4, -0.2) is 45.8 Å². The molecule has 0 spiro atoms. The Hall–Kier alpha value is -1.69. The molecule has 6 nitrogen and oxygen atoms in total. The molecule has 1 N–H and O–H groups in total. The second-order valence-electron chi connectivity index (χ2n) is 5.85. The summed E-state index contributed by atoms with van der Waals surface area (Å²) < 4.78 is 2.02. The van der Waals surface area contributed by atoms with Crippen molar-refractivity contribution in [1.29, 1.82) is 0 Å². The van der Waals surface area contributed by atoms with E-state index in [2.05, 4.69) is 32.3 Å². The summed E-state index contributed by atoms with van der Waals surface area (Å²) in [6.07, 6.45) is 7.47. The summed E-state index contributed by atoms with van der Waals surface area (Å²) in [5.74, 6) is 2.57. The van der Waals surface area contributed by atoms with Crippen molar-refractivity contribution in [2.45, 2.75) is 33.1 Å². The van der Waals surface area contributed by atoms with Crippen LogP contribution in [0.4, 0.5) is 5.82 Å². The van der Waals surface area contributed by atoms with Gasteiger partial charge < -0.3 is 10.2 Å². The molecule has 2 aromatic rings. The van der Waals surface area contributed by atoms with Crippen molar-refractivity contribution in [1.82, 2.24) is 24.9 Å². The standard InChI is InChI=1S/C15H24N6/c1-3-6-16-10-13-5-4-8-20(11-13)14-15-19-18-12(2)21(15)9-7-17-14/h7,9,13,16H,3-6,8,10-11H2,1-2H3. The molecule has 1 atom stereocenters. The fourth-order valence-electron chi connectivity index (χ4n) is 3.06. The van der Waals surface area contributed by atoms with Crippen LogP contribution in [0, 0.1) is 12.8 Å². The fraction of sp³-hybridized carbons (Fsp3) is 0.667. The van der Waals surface area contributed by atoms with Gasteiger partial charge in [0.05, 0.1) is 0 Å². The summed E-state index contributed by atoms with van der Waals surface area (Å²) in [4.78, 5) is 6.92. The van der Waals surface area contributed by atoms with Gasteiger partial charge in [0.1, 0.15) is 5.82 Å². The molecular formula is C15H24N6. The zero-order valence-corrected chi connectivity index (χ0v) is 12.9. The van der Waals surface area contributed by atoms with E-state index in [-0.39, 0.29) is 0 Å². The molecule has 0 saturated carbocycles. The molecule has 2 aromatic heterocycles. The van der Waals surface area contributed by atoms with E-state index in [1.54, 1.807) is 0 Å². The van der Waals surface area contributed by atoms with Gasteiger partial charge in [-0.1, -0.05) is 6.92 Å². The lowest BCUT2D eigenvalue weighted by molar-refractivity contribution is 0.391. The largest absolute Gasteiger partial charge is 0.353 e. The minimum absolute atomic E-state index is 0.691. The zero-order valence-electron chi connectivity index (χ0n) is 12.9. The molecule has 6 heteroatoms. The van der Waals surface area contributed by atoms with Gasteiger partial charge in [-0.2, -0.15) is 0 Å². The van der Waals surface area contributed by atoms with Crippen molar-refractivity contribution in [3.63, 3.8) is 0 Å². The van der Waals surface area contributed by atoms with Gasteiger partial charge in [0.15, 0.2) is 5.82 Å². The number of nitrogens with one attached hydrogen (secondary N) is 1. The molecule has 3 heterocycles. The summed E-state index contributed by atoms with van der Waals surface area (Å²) in [6.45, 7) is 8.49. The molecule has 0 radical (unpaired) electrons. The van der Waals surface area contributed by atoms with Gasteiger partial charge >= 0.3 is 0 Å². The van der Waals surface area contributed by atoms with Crippen molar-refractivity contribution < 1.29 is 0 Å². The van der Waals surface area contributed by atoms with E-state index in [1.165, 1.54) is 19.3 Å². The number of nitrogens with zero attached hydrogens (tertiary/aromatic N) is 5. The highest BCUT2D eigenvalue weighted by atomic mass is 15.3. The average Bonchev–Trinajstić information content (AvgIpc) is 2.90. The molecular weight excluding hydrogens is 264 g/mol. The van der Waals surface area contributed by atoms with Crippen LogP contribution in [0.25, 0.3) is 5.65 Å². The van der Waals surface area contributed by atoms with Crippen molar-refractivity contribution in [2.24, 2.45) is 5.92 Å². The Morgan fingerprint density at radius 3 is 3.14 bits per heavy atom. The number of hydrogen-bond acceptors (Lipinski definition) is 5. The Kier molecular flexibility index (Phi) is 4.34. The zero-order chi connectivity index (χ0) is 14.7. The maximum atomic E-state index is 4.56. The van der Waals surface area contributed by atoms with Crippen LogP contribution in [0.3, 0.4) is 0 Å². The van der Waals surface area contributed by atoms with Gasteiger partial charge in [0.25, 0.3) is 0 Å². The van der Waals surface area contributed by atoms with Crippen LogP contribution in [0.5, 0.6) is 0 Å². The van der Waals surface area contributed by atoms with E-state index in [0.717, 1.165) is 43.5 Å². The molecule has 114 valence electrons. The van der Waals surface area contributed by atoms with Crippen LogP contribution in [0.1, 0.15) is 32.0 Å². The van der Waals surface area contributed by atoms with Crippen LogP contribution in [0.2, 0.25) is 0 Å². The fourth-order valence-corrected chi connectivity index (χ4v) is 3.06.